The third kappa shape index (κ3) is 2.15. The lowest BCUT2D eigenvalue weighted by atomic mass is 10.4. The molecule has 7 heteroatoms. The molecule has 2 aromatic rings. The Balaban J connectivity index is 2.05. The molecule has 0 aliphatic rings. The maximum absolute atomic E-state index is 5.84. The van der Waals surface area contributed by atoms with Crippen LogP contribution in [0, 0.1) is 13.8 Å². The molecule has 0 aliphatic heterocycles. The maximum Gasteiger partial charge on any atom is 0.228 e. The second-order valence-electron chi connectivity index (χ2n) is 3.15. The van der Waals surface area contributed by atoms with E-state index >= 15 is 0 Å². The number of aryl methyl sites for hydroxylation is 3. The quantitative estimate of drug-likeness (QED) is 0.787. The molecule has 0 fully saturated rings. The topological polar surface area (TPSA) is 69.6 Å². The van der Waals surface area contributed by atoms with Gasteiger partial charge in [0.25, 0.3) is 0 Å². The standard InChI is InChI=1S/C8H10ClN5O/c1-5-10-7(15-13-5)3-4-14-6(2)11-12-8(14)9/h3-4H2,1-2H3. The Morgan fingerprint density at radius 2 is 2.13 bits per heavy atom. The van der Waals surface area contributed by atoms with Crippen LogP contribution in [-0.4, -0.2) is 24.9 Å². The van der Waals surface area contributed by atoms with Gasteiger partial charge in [-0.25, -0.2) is 0 Å². The van der Waals surface area contributed by atoms with Gasteiger partial charge in [-0.3, -0.25) is 0 Å². The van der Waals surface area contributed by atoms with Crippen molar-refractivity contribution in [1.82, 2.24) is 24.9 Å². The Kier molecular flexibility index (Phi) is 2.68. The lowest BCUT2D eigenvalue weighted by Gasteiger charge is -2.01. The first-order valence-corrected chi connectivity index (χ1v) is 4.89. The molecular formula is C8H10ClN5O. The van der Waals surface area contributed by atoms with Crippen molar-refractivity contribution in [3.63, 3.8) is 0 Å². The molecule has 0 saturated carbocycles. The second kappa shape index (κ2) is 3.98. The number of halogens is 1. The van der Waals surface area contributed by atoms with Crippen LogP contribution in [0.15, 0.2) is 4.52 Å². The minimum Gasteiger partial charge on any atom is -0.339 e. The first-order valence-electron chi connectivity index (χ1n) is 4.51. The van der Waals surface area contributed by atoms with E-state index < -0.39 is 0 Å². The van der Waals surface area contributed by atoms with Crippen molar-refractivity contribution in [3.05, 3.63) is 22.8 Å². The predicted molar refractivity (Wildman–Crippen MR) is 52.5 cm³/mol. The van der Waals surface area contributed by atoms with Gasteiger partial charge in [-0.15, -0.1) is 10.2 Å². The number of rotatable bonds is 3. The van der Waals surface area contributed by atoms with Crippen molar-refractivity contribution in [2.24, 2.45) is 0 Å². The fraction of sp³-hybridized carbons (Fsp3) is 0.500. The fourth-order valence-electron chi connectivity index (χ4n) is 1.26. The monoisotopic (exact) mass is 227 g/mol. The van der Waals surface area contributed by atoms with Crippen molar-refractivity contribution < 1.29 is 4.52 Å². The van der Waals surface area contributed by atoms with Crippen molar-refractivity contribution in [2.75, 3.05) is 0 Å². The molecule has 0 N–H and O–H groups in total. The number of nitrogens with zero attached hydrogens (tertiary/aromatic N) is 5. The normalized spacial score (nSPS) is 10.9. The average Bonchev–Trinajstić information content (AvgIpc) is 2.73. The van der Waals surface area contributed by atoms with Gasteiger partial charge in [-0.1, -0.05) is 5.16 Å². The molecule has 0 aromatic carbocycles. The van der Waals surface area contributed by atoms with Gasteiger partial charge in [0, 0.05) is 13.0 Å². The summed E-state index contributed by atoms with van der Waals surface area (Å²) in [6.45, 7) is 4.27. The predicted octanol–water partition coefficient (Wildman–Crippen LogP) is 1.17. The molecule has 0 radical (unpaired) electrons. The van der Waals surface area contributed by atoms with Gasteiger partial charge in [0.05, 0.1) is 0 Å². The second-order valence-corrected chi connectivity index (χ2v) is 3.49. The van der Waals surface area contributed by atoms with Crippen LogP contribution >= 0.6 is 11.6 Å². The van der Waals surface area contributed by atoms with Crippen LogP contribution in [0.25, 0.3) is 0 Å². The summed E-state index contributed by atoms with van der Waals surface area (Å²) in [7, 11) is 0. The molecule has 0 aliphatic carbocycles. The summed E-state index contributed by atoms with van der Waals surface area (Å²) < 4.78 is 6.78. The van der Waals surface area contributed by atoms with Gasteiger partial charge < -0.3 is 9.09 Å². The van der Waals surface area contributed by atoms with E-state index in [1.54, 1.807) is 11.5 Å². The van der Waals surface area contributed by atoms with E-state index in [1.165, 1.54) is 0 Å². The highest BCUT2D eigenvalue weighted by atomic mass is 35.5. The van der Waals surface area contributed by atoms with Crippen molar-refractivity contribution >= 4 is 11.6 Å². The molecule has 0 unspecified atom stereocenters. The van der Waals surface area contributed by atoms with E-state index in [0.717, 1.165) is 5.82 Å². The summed E-state index contributed by atoms with van der Waals surface area (Å²) in [5.41, 5.74) is 0. The van der Waals surface area contributed by atoms with Crippen LogP contribution in [0.1, 0.15) is 17.5 Å². The van der Waals surface area contributed by atoms with E-state index in [2.05, 4.69) is 20.3 Å². The van der Waals surface area contributed by atoms with E-state index in [9.17, 15) is 0 Å². The van der Waals surface area contributed by atoms with Crippen LogP contribution in [0.2, 0.25) is 5.28 Å². The fourth-order valence-corrected chi connectivity index (χ4v) is 1.50. The Bertz CT molecular complexity index is 444. The van der Waals surface area contributed by atoms with Crippen molar-refractivity contribution in [2.45, 2.75) is 26.8 Å². The summed E-state index contributed by atoms with van der Waals surface area (Å²) in [4.78, 5) is 4.09. The lowest BCUT2D eigenvalue weighted by Crippen LogP contribution is -2.04. The van der Waals surface area contributed by atoms with Gasteiger partial charge >= 0.3 is 0 Å². The summed E-state index contributed by atoms with van der Waals surface area (Å²) in [6.07, 6.45) is 0.624. The lowest BCUT2D eigenvalue weighted by molar-refractivity contribution is 0.368. The zero-order valence-electron chi connectivity index (χ0n) is 8.44. The molecule has 0 saturated heterocycles. The Morgan fingerprint density at radius 3 is 2.67 bits per heavy atom. The van der Waals surface area contributed by atoms with E-state index in [1.807, 2.05) is 6.92 Å². The first kappa shape index (κ1) is 10.1. The molecule has 6 nitrogen and oxygen atoms in total. The molecule has 0 amide bonds. The number of hydrogen-bond acceptors (Lipinski definition) is 5. The highest BCUT2D eigenvalue weighted by Gasteiger charge is 2.08. The minimum absolute atomic E-state index is 0.378. The number of aromatic nitrogens is 5. The Labute approximate surface area is 91.3 Å². The Hall–Kier alpha value is -1.43. The summed E-state index contributed by atoms with van der Waals surface area (Å²) in [5, 5.41) is 11.7. The first-order chi connectivity index (χ1) is 7.16. The highest BCUT2D eigenvalue weighted by Crippen LogP contribution is 2.08. The molecule has 2 rings (SSSR count). The van der Waals surface area contributed by atoms with Gasteiger partial charge in [-0.2, -0.15) is 4.98 Å². The van der Waals surface area contributed by atoms with Crippen LogP contribution in [0.4, 0.5) is 0 Å². The van der Waals surface area contributed by atoms with Crippen LogP contribution in [0.3, 0.4) is 0 Å². The molecule has 2 heterocycles. The van der Waals surface area contributed by atoms with Gasteiger partial charge in [-0.05, 0) is 25.4 Å². The molecule has 0 atom stereocenters. The van der Waals surface area contributed by atoms with Crippen LogP contribution < -0.4 is 0 Å². The highest BCUT2D eigenvalue weighted by molar-refractivity contribution is 6.28. The Morgan fingerprint density at radius 1 is 1.33 bits per heavy atom. The SMILES string of the molecule is Cc1noc(CCn2c(C)nnc2Cl)n1. The summed E-state index contributed by atoms with van der Waals surface area (Å²) in [6, 6.07) is 0. The zero-order valence-corrected chi connectivity index (χ0v) is 9.19. The summed E-state index contributed by atoms with van der Waals surface area (Å²) in [5.74, 6) is 2.00. The van der Waals surface area contributed by atoms with Crippen molar-refractivity contribution in [3.8, 4) is 0 Å². The van der Waals surface area contributed by atoms with E-state index in [0.29, 0.717) is 30.0 Å². The third-order valence-electron chi connectivity index (χ3n) is 2.01. The minimum atomic E-state index is 0.378. The van der Waals surface area contributed by atoms with Gasteiger partial charge in [0.1, 0.15) is 5.82 Å². The maximum atomic E-state index is 5.84. The molecule has 80 valence electrons. The molecule has 0 bridgehead atoms. The molecular weight excluding hydrogens is 218 g/mol. The zero-order chi connectivity index (χ0) is 10.8. The van der Waals surface area contributed by atoms with E-state index in [-0.39, 0.29) is 0 Å². The average molecular weight is 228 g/mol. The molecule has 15 heavy (non-hydrogen) atoms. The van der Waals surface area contributed by atoms with Gasteiger partial charge in [0.2, 0.25) is 11.2 Å². The van der Waals surface area contributed by atoms with Gasteiger partial charge in [0.15, 0.2) is 5.82 Å². The smallest absolute Gasteiger partial charge is 0.228 e. The van der Waals surface area contributed by atoms with E-state index in [4.69, 9.17) is 16.1 Å². The van der Waals surface area contributed by atoms with Crippen LogP contribution in [-0.2, 0) is 13.0 Å². The number of hydrogen-bond donors (Lipinski definition) is 0. The summed E-state index contributed by atoms with van der Waals surface area (Å²) >= 11 is 5.84. The van der Waals surface area contributed by atoms with Crippen LogP contribution in [0.5, 0.6) is 0 Å². The molecule has 2 aromatic heterocycles. The van der Waals surface area contributed by atoms with Crippen molar-refractivity contribution in [1.29, 1.82) is 0 Å². The third-order valence-corrected chi connectivity index (χ3v) is 2.29. The largest absolute Gasteiger partial charge is 0.339 e. The molecule has 0 spiro atoms.